The highest BCUT2D eigenvalue weighted by atomic mass is 127. The Morgan fingerprint density at radius 1 is 1.00 bits per heavy atom. The van der Waals surface area contributed by atoms with Crippen LogP contribution in [0.2, 0.25) is 0 Å². The first-order valence-corrected chi connectivity index (χ1v) is 11.8. The molecule has 0 bridgehead atoms. The second-order valence-electron chi connectivity index (χ2n) is 8.43. The molecule has 0 radical (unpaired) electrons. The van der Waals surface area contributed by atoms with Gasteiger partial charge in [0.1, 0.15) is 0 Å². The second-order valence-corrected chi connectivity index (χ2v) is 8.43. The van der Waals surface area contributed by atoms with Gasteiger partial charge in [-0.25, -0.2) is 0 Å². The Labute approximate surface area is 201 Å². The molecule has 1 N–H and O–H groups in total. The van der Waals surface area contributed by atoms with Crippen LogP contribution in [0.4, 0.5) is 0 Å². The number of hydrogen-bond donors (Lipinski definition) is 1. The van der Waals surface area contributed by atoms with E-state index in [9.17, 15) is 0 Å². The number of rotatable bonds is 7. The fraction of sp³-hybridized carbons (Fsp3) is 0.708. The number of likely N-dealkylation sites (tertiary alicyclic amines) is 1. The number of nitrogens with zero attached hydrogens (tertiary/aromatic N) is 4. The van der Waals surface area contributed by atoms with Crippen molar-refractivity contribution >= 4 is 29.9 Å². The minimum absolute atomic E-state index is 0. The van der Waals surface area contributed by atoms with E-state index in [0.717, 1.165) is 38.7 Å². The van der Waals surface area contributed by atoms with E-state index in [4.69, 9.17) is 4.99 Å². The predicted octanol–water partition coefficient (Wildman–Crippen LogP) is 3.72. The van der Waals surface area contributed by atoms with Crippen molar-refractivity contribution in [3.8, 4) is 0 Å². The van der Waals surface area contributed by atoms with Gasteiger partial charge in [-0.2, -0.15) is 0 Å². The summed E-state index contributed by atoms with van der Waals surface area (Å²) in [6.45, 7) is 17.8. The van der Waals surface area contributed by atoms with Crippen molar-refractivity contribution in [3.63, 3.8) is 0 Å². The third-order valence-corrected chi connectivity index (χ3v) is 6.71. The molecule has 2 aliphatic rings. The Kier molecular flexibility index (Phi) is 11.5. The molecule has 30 heavy (non-hydrogen) atoms. The highest BCUT2D eigenvalue weighted by Crippen LogP contribution is 2.34. The number of nitrogens with one attached hydrogen (secondary N) is 1. The number of aliphatic imine (C=N–C) groups is 1. The van der Waals surface area contributed by atoms with E-state index < -0.39 is 0 Å². The molecular weight excluding hydrogens is 485 g/mol. The third-order valence-electron chi connectivity index (χ3n) is 6.71. The number of guanidine groups is 1. The molecule has 2 fully saturated rings. The summed E-state index contributed by atoms with van der Waals surface area (Å²) >= 11 is 0. The molecule has 1 aromatic carbocycles. The third kappa shape index (κ3) is 7.09. The van der Waals surface area contributed by atoms with E-state index >= 15 is 0 Å². The molecule has 2 heterocycles. The van der Waals surface area contributed by atoms with Crippen molar-refractivity contribution in [2.45, 2.75) is 39.5 Å². The van der Waals surface area contributed by atoms with Crippen LogP contribution in [0.5, 0.6) is 0 Å². The number of likely N-dealkylation sites (N-methyl/N-ethyl adjacent to an activating group) is 1. The van der Waals surface area contributed by atoms with Crippen molar-refractivity contribution in [1.82, 2.24) is 20.0 Å². The summed E-state index contributed by atoms with van der Waals surface area (Å²) in [5.41, 5.74) is 1.51. The SMILES string of the molecule is CCNC(=NCCN1CCN(CC)CC1)N1CCC(c2ccccc2)C(CC)C1.I. The fourth-order valence-electron chi connectivity index (χ4n) is 4.83. The molecule has 0 amide bonds. The van der Waals surface area contributed by atoms with Gasteiger partial charge in [-0.15, -0.1) is 24.0 Å². The van der Waals surface area contributed by atoms with Crippen LogP contribution in [0.1, 0.15) is 45.1 Å². The maximum Gasteiger partial charge on any atom is 0.193 e. The number of piperidine rings is 1. The summed E-state index contributed by atoms with van der Waals surface area (Å²) in [4.78, 5) is 12.6. The highest BCUT2D eigenvalue weighted by Gasteiger charge is 2.30. The van der Waals surface area contributed by atoms with Crippen LogP contribution in [-0.4, -0.2) is 86.1 Å². The van der Waals surface area contributed by atoms with E-state index in [2.05, 4.69) is 71.1 Å². The van der Waals surface area contributed by atoms with Gasteiger partial charge in [-0.05, 0) is 37.3 Å². The molecule has 0 spiro atoms. The van der Waals surface area contributed by atoms with Gasteiger partial charge in [-0.1, -0.05) is 50.6 Å². The summed E-state index contributed by atoms with van der Waals surface area (Å²) in [6, 6.07) is 11.1. The molecule has 2 unspecified atom stereocenters. The standard InChI is InChI=1S/C24H41N5.HI/c1-4-21-20-29(14-12-23(21)22-10-8-7-9-11-22)24(25-5-2)26-13-15-28-18-16-27(6-3)17-19-28;/h7-11,21,23H,4-6,12-20H2,1-3H3,(H,25,26);1H. The van der Waals surface area contributed by atoms with E-state index in [1.807, 2.05) is 0 Å². The van der Waals surface area contributed by atoms with Crippen LogP contribution in [0.25, 0.3) is 0 Å². The molecule has 6 heteroatoms. The molecule has 1 aromatic rings. The van der Waals surface area contributed by atoms with Gasteiger partial charge in [0.25, 0.3) is 0 Å². The lowest BCUT2D eigenvalue weighted by Crippen LogP contribution is -2.49. The largest absolute Gasteiger partial charge is 0.357 e. The number of piperazine rings is 1. The van der Waals surface area contributed by atoms with Crippen LogP contribution in [0.15, 0.2) is 35.3 Å². The molecule has 170 valence electrons. The Morgan fingerprint density at radius 3 is 2.33 bits per heavy atom. The van der Waals surface area contributed by atoms with Crippen LogP contribution >= 0.6 is 24.0 Å². The fourth-order valence-corrected chi connectivity index (χ4v) is 4.83. The van der Waals surface area contributed by atoms with Crippen LogP contribution in [0.3, 0.4) is 0 Å². The molecule has 0 aromatic heterocycles. The van der Waals surface area contributed by atoms with Crippen molar-refractivity contribution in [1.29, 1.82) is 0 Å². The van der Waals surface area contributed by atoms with Gasteiger partial charge in [0.05, 0.1) is 6.54 Å². The average molecular weight is 528 g/mol. The van der Waals surface area contributed by atoms with Gasteiger partial charge in [0.2, 0.25) is 0 Å². The van der Waals surface area contributed by atoms with Gasteiger partial charge < -0.3 is 15.1 Å². The zero-order valence-corrected chi connectivity index (χ0v) is 21.6. The monoisotopic (exact) mass is 527 g/mol. The molecule has 2 atom stereocenters. The summed E-state index contributed by atoms with van der Waals surface area (Å²) in [5.74, 6) is 2.48. The topological polar surface area (TPSA) is 34.1 Å². The van der Waals surface area contributed by atoms with Crippen molar-refractivity contribution in [2.24, 2.45) is 10.9 Å². The lowest BCUT2D eigenvalue weighted by molar-refractivity contribution is 0.140. The average Bonchev–Trinajstić information content (AvgIpc) is 2.79. The second kappa shape index (κ2) is 13.5. The van der Waals surface area contributed by atoms with Crippen LogP contribution < -0.4 is 5.32 Å². The maximum absolute atomic E-state index is 5.01. The van der Waals surface area contributed by atoms with E-state index in [0.29, 0.717) is 11.8 Å². The van der Waals surface area contributed by atoms with Crippen molar-refractivity contribution < 1.29 is 0 Å². The van der Waals surface area contributed by atoms with Crippen molar-refractivity contribution in [2.75, 3.05) is 65.4 Å². The Balaban J connectivity index is 0.00000320. The predicted molar refractivity (Wildman–Crippen MR) is 139 cm³/mol. The van der Waals surface area contributed by atoms with Gasteiger partial charge in [0, 0.05) is 52.4 Å². The molecule has 3 rings (SSSR count). The van der Waals surface area contributed by atoms with Gasteiger partial charge in [0.15, 0.2) is 5.96 Å². The first kappa shape index (κ1) is 25.4. The summed E-state index contributed by atoms with van der Waals surface area (Å²) in [7, 11) is 0. The number of benzene rings is 1. The molecule has 0 saturated carbocycles. The maximum atomic E-state index is 5.01. The Hall–Kier alpha value is -0.860. The van der Waals surface area contributed by atoms with E-state index in [-0.39, 0.29) is 24.0 Å². The number of halogens is 1. The smallest absolute Gasteiger partial charge is 0.193 e. The van der Waals surface area contributed by atoms with Crippen LogP contribution in [0, 0.1) is 5.92 Å². The first-order valence-electron chi connectivity index (χ1n) is 11.8. The quantitative estimate of drug-likeness (QED) is 0.333. The summed E-state index contributed by atoms with van der Waals surface area (Å²) in [6.07, 6.45) is 2.43. The number of hydrogen-bond acceptors (Lipinski definition) is 3. The lowest BCUT2D eigenvalue weighted by Gasteiger charge is -2.40. The molecular formula is C24H42IN5. The van der Waals surface area contributed by atoms with Gasteiger partial charge in [-0.3, -0.25) is 9.89 Å². The zero-order valence-electron chi connectivity index (χ0n) is 19.2. The van der Waals surface area contributed by atoms with E-state index in [1.54, 1.807) is 0 Å². The first-order chi connectivity index (χ1) is 14.2. The van der Waals surface area contributed by atoms with Gasteiger partial charge >= 0.3 is 0 Å². The van der Waals surface area contributed by atoms with Crippen LogP contribution in [-0.2, 0) is 0 Å². The Bertz CT molecular complexity index is 615. The lowest BCUT2D eigenvalue weighted by atomic mass is 9.79. The van der Waals surface area contributed by atoms with Crippen molar-refractivity contribution in [3.05, 3.63) is 35.9 Å². The van der Waals surface area contributed by atoms with E-state index in [1.165, 1.54) is 51.1 Å². The zero-order chi connectivity index (χ0) is 20.5. The minimum Gasteiger partial charge on any atom is -0.357 e. The molecule has 0 aliphatic carbocycles. The Morgan fingerprint density at radius 2 is 1.70 bits per heavy atom. The normalized spacial score (nSPS) is 23.8. The molecule has 2 aliphatic heterocycles. The summed E-state index contributed by atoms with van der Waals surface area (Å²) < 4.78 is 0. The minimum atomic E-state index is 0. The summed E-state index contributed by atoms with van der Waals surface area (Å²) in [5, 5.41) is 3.55. The highest BCUT2D eigenvalue weighted by molar-refractivity contribution is 14.0. The molecule has 2 saturated heterocycles. The molecule has 5 nitrogen and oxygen atoms in total.